The summed E-state index contributed by atoms with van der Waals surface area (Å²) in [5, 5.41) is 8.73. The molecule has 0 aliphatic carbocycles. The molecule has 0 saturated carbocycles. The molecule has 2 N–H and O–H groups in total. The molecule has 0 amide bonds. The number of aromatic amines is 1. The third kappa shape index (κ3) is 3.41. The fourth-order valence-corrected chi connectivity index (χ4v) is 1.59. The molecule has 1 aromatic carbocycles. The molecule has 19 heavy (non-hydrogen) atoms. The van der Waals surface area contributed by atoms with Crippen LogP contribution in [0.1, 0.15) is 11.3 Å². The van der Waals surface area contributed by atoms with Gasteiger partial charge in [0, 0.05) is 0 Å². The Morgan fingerprint density at radius 1 is 1.47 bits per heavy atom. The van der Waals surface area contributed by atoms with Crippen molar-refractivity contribution in [1.29, 1.82) is 0 Å². The largest absolute Gasteiger partial charge is 0.481 e. The van der Waals surface area contributed by atoms with Gasteiger partial charge in [0.15, 0.2) is 5.75 Å². The summed E-state index contributed by atoms with van der Waals surface area (Å²) in [5.74, 6) is 0.0156. The van der Waals surface area contributed by atoms with E-state index in [4.69, 9.17) is 9.84 Å². The molecule has 2 rings (SSSR count). The first-order valence-electron chi connectivity index (χ1n) is 5.59. The standard InChI is InChI=1S/C13H12N2O4/c1-8-11(7-14-13(18)15-8)19-10-4-2-3-9(5-10)6-12(16)17/h2-5,7H,6H2,1H3,(H,16,17)(H,14,15,18). The fraction of sp³-hybridized carbons (Fsp3) is 0.154. The number of nitrogens with zero attached hydrogens (tertiary/aromatic N) is 1. The first-order chi connectivity index (χ1) is 9.04. The Bertz CT molecular complexity index is 664. The summed E-state index contributed by atoms with van der Waals surface area (Å²) in [5.41, 5.74) is 0.758. The molecule has 0 saturated heterocycles. The lowest BCUT2D eigenvalue weighted by atomic mass is 10.1. The van der Waals surface area contributed by atoms with E-state index in [9.17, 15) is 9.59 Å². The van der Waals surface area contributed by atoms with E-state index in [0.29, 0.717) is 22.8 Å². The summed E-state index contributed by atoms with van der Waals surface area (Å²) in [7, 11) is 0. The Morgan fingerprint density at radius 2 is 2.26 bits per heavy atom. The van der Waals surface area contributed by atoms with Gasteiger partial charge in [-0.2, -0.15) is 4.98 Å². The Hall–Kier alpha value is -2.63. The quantitative estimate of drug-likeness (QED) is 0.869. The first-order valence-corrected chi connectivity index (χ1v) is 5.59. The normalized spacial score (nSPS) is 10.2. The zero-order chi connectivity index (χ0) is 13.8. The van der Waals surface area contributed by atoms with Crippen LogP contribution in [0.3, 0.4) is 0 Å². The second kappa shape index (κ2) is 5.34. The van der Waals surface area contributed by atoms with Crippen molar-refractivity contribution in [2.75, 3.05) is 0 Å². The van der Waals surface area contributed by atoms with E-state index >= 15 is 0 Å². The molecule has 1 aromatic heterocycles. The lowest BCUT2D eigenvalue weighted by molar-refractivity contribution is -0.136. The van der Waals surface area contributed by atoms with Gasteiger partial charge in [-0.15, -0.1) is 0 Å². The van der Waals surface area contributed by atoms with Crippen LogP contribution in [0.5, 0.6) is 11.5 Å². The molecule has 0 unspecified atom stereocenters. The molecule has 0 aliphatic heterocycles. The number of H-pyrrole nitrogens is 1. The van der Waals surface area contributed by atoms with Crippen LogP contribution in [-0.4, -0.2) is 21.0 Å². The van der Waals surface area contributed by atoms with E-state index in [0.717, 1.165) is 0 Å². The summed E-state index contributed by atoms with van der Waals surface area (Å²) in [6, 6.07) is 6.76. The van der Waals surface area contributed by atoms with E-state index in [1.54, 1.807) is 31.2 Å². The second-order valence-electron chi connectivity index (χ2n) is 4.00. The Kier molecular flexibility index (Phi) is 3.61. The van der Waals surface area contributed by atoms with Crippen LogP contribution in [0.15, 0.2) is 35.3 Å². The molecule has 0 spiro atoms. The van der Waals surface area contributed by atoms with Gasteiger partial charge < -0.3 is 14.8 Å². The lowest BCUT2D eigenvalue weighted by Crippen LogP contribution is -2.11. The number of nitrogens with one attached hydrogen (secondary N) is 1. The number of carboxylic acid groups (broad SMARTS) is 1. The zero-order valence-corrected chi connectivity index (χ0v) is 10.2. The molecule has 2 aromatic rings. The van der Waals surface area contributed by atoms with Crippen molar-refractivity contribution in [3.05, 3.63) is 52.2 Å². The van der Waals surface area contributed by atoms with E-state index in [1.165, 1.54) is 6.20 Å². The number of rotatable bonds is 4. The van der Waals surface area contributed by atoms with Crippen LogP contribution in [0, 0.1) is 6.92 Å². The van der Waals surface area contributed by atoms with E-state index in [-0.39, 0.29) is 6.42 Å². The Balaban J connectivity index is 2.23. The fourth-order valence-electron chi connectivity index (χ4n) is 1.59. The topological polar surface area (TPSA) is 92.3 Å². The summed E-state index contributed by atoms with van der Waals surface area (Å²) in [4.78, 5) is 27.7. The number of aliphatic carboxylic acids is 1. The smallest absolute Gasteiger partial charge is 0.345 e. The molecule has 6 nitrogen and oxygen atoms in total. The van der Waals surface area contributed by atoms with Crippen LogP contribution in [-0.2, 0) is 11.2 Å². The minimum absolute atomic E-state index is 0.0694. The second-order valence-corrected chi connectivity index (χ2v) is 4.00. The van der Waals surface area contributed by atoms with Crippen LogP contribution in [0.25, 0.3) is 0 Å². The maximum absolute atomic E-state index is 11.0. The number of aromatic nitrogens is 2. The number of aryl methyl sites for hydroxylation is 1. The van der Waals surface area contributed by atoms with Crippen LogP contribution in [0.4, 0.5) is 0 Å². The summed E-state index contributed by atoms with van der Waals surface area (Å²) >= 11 is 0. The predicted molar refractivity (Wildman–Crippen MR) is 67.5 cm³/mol. The third-order valence-corrected chi connectivity index (χ3v) is 2.44. The number of benzene rings is 1. The highest BCUT2D eigenvalue weighted by Crippen LogP contribution is 2.23. The molecule has 0 aliphatic rings. The Morgan fingerprint density at radius 3 is 2.95 bits per heavy atom. The number of hydrogen-bond acceptors (Lipinski definition) is 4. The van der Waals surface area contributed by atoms with Gasteiger partial charge in [0.2, 0.25) is 0 Å². The van der Waals surface area contributed by atoms with Crippen molar-refractivity contribution in [3.8, 4) is 11.5 Å². The van der Waals surface area contributed by atoms with Gasteiger partial charge in [-0.25, -0.2) is 4.79 Å². The average molecular weight is 260 g/mol. The van der Waals surface area contributed by atoms with Crippen molar-refractivity contribution < 1.29 is 14.6 Å². The van der Waals surface area contributed by atoms with Gasteiger partial charge in [-0.05, 0) is 24.6 Å². The van der Waals surface area contributed by atoms with Crippen LogP contribution in [0.2, 0.25) is 0 Å². The monoisotopic (exact) mass is 260 g/mol. The van der Waals surface area contributed by atoms with Crippen molar-refractivity contribution in [3.63, 3.8) is 0 Å². The average Bonchev–Trinajstić information content (AvgIpc) is 2.32. The molecule has 98 valence electrons. The number of hydrogen-bond donors (Lipinski definition) is 2. The molecule has 1 heterocycles. The van der Waals surface area contributed by atoms with Gasteiger partial charge in [-0.1, -0.05) is 12.1 Å². The first kappa shape index (κ1) is 12.8. The molecular weight excluding hydrogens is 248 g/mol. The SMILES string of the molecule is Cc1[nH]c(=O)ncc1Oc1cccc(CC(=O)O)c1. The van der Waals surface area contributed by atoms with E-state index in [2.05, 4.69) is 9.97 Å². The predicted octanol–water partition coefficient (Wildman–Crippen LogP) is 1.50. The van der Waals surface area contributed by atoms with E-state index < -0.39 is 11.7 Å². The zero-order valence-electron chi connectivity index (χ0n) is 10.2. The maximum atomic E-state index is 11.0. The highest BCUT2D eigenvalue weighted by molar-refractivity contribution is 5.70. The molecule has 0 fully saturated rings. The lowest BCUT2D eigenvalue weighted by Gasteiger charge is -2.08. The molecule has 6 heteroatoms. The maximum Gasteiger partial charge on any atom is 0.345 e. The van der Waals surface area contributed by atoms with Crippen molar-refractivity contribution in [2.45, 2.75) is 13.3 Å². The number of carboxylic acids is 1. The Labute approximate surface area is 108 Å². The summed E-state index contributed by atoms with van der Waals surface area (Å²) < 4.78 is 5.56. The van der Waals surface area contributed by atoms with Crippen LogP contribution < -0.4 is 10.4 Å². The van der Waals surface area contributed by atoms with E-state index in [1.807, 2.05) is 0 Å². The van der Waals surface area contributed by atoms with Crippen LogP contribution >= 0.6 is 0 Å². The van der Waals surface area contributed by atoms with Gasteiger partial charge in [-0.3, -0.25) is 4.79 Å². The summed E-state index contributed by atoms with van der Waals surface area (Å²) in [6.45, 7) is 1.69. The highest BCUT2D eigenvalue weighted by Gasteiger charge is 2.05. The van der Waals surface area contributed by atoms with Gasteiger partial charge in [0.1, 0.15) is 5.75 Å². The van der Waals surface area contributed by atoms with Crippen molar-refractivity contribution >= 4 is 5.97 Å². The number of carbonyl (C=O) groups is 1. The molecule has 0 radical (unpaired) electrons. The highest BCUT2D eigenvalue weighted by atomic mass is 16.5. The van der Waals surface area contributed by atoms with Crippen molar-refractivity contribution in [2.24, 2.45) is 0 Å². The van der Waals surface area contributed by atoms with Gasteiger partial charge in [0.25, 0.3) is 0 Å². The molecule has 0 atom stereocenters. The molecule has 0 bridgehead atoms. The van der Waals surface area contributed by atoms with Crippen molar-refractivity contribution in [1.82, 2.24) is 9.97 Å². The summed E-state index contributed by atoms with van der Waals surface area (Å²) in [6.07, 6.45) is 1.26. The minimum Gasteiger partial charge on any atom is -0.481 e. The molecular formula is C13H12N2O4. The third-order valence-electron chi connectivity index (χ3n) is 2.44. The van der Waals surface area contributed by atoms with Gasteiger partial charge in [0.05, 0.1) is 18.3 Å². The number of ether oxygens (including phenoxy) is 1. The van der Waals surface area contributed by atoms with Gasteiger partial charge >= 0.3 is 11.7 Å². The minimum atomic E-state index is -0.904.